The smallest absolute Gasteiger partial charge is 0.364 e. The van der Waals surface area contributed by atoms with Crippen LogP contribution in [0.4, 0.5) is 24.5 Å². The predicted octanol–water partition coefficient (Wildman–Crippen LogP) is 3.01. The number of nitrogens with one attached hydrogen (secondary N) is 1. The fourth-order valence-corrected chi connectivity index (χ4v) is 3.30. The molecule has 0 spiro atoms. The molecule has 1 aromatic heterocycles. The molecule has 8 nitrogen and oxygen atoms in total. The van der Waals surface area contributed by atoms with Gasteiger partial charge in [-0.3, -0.25) is 19.6 Å². The molecule has 2 aromatic rings. The van der Waals surface area contributed by atoms with Crippen molar-refractivity contribution in [3.05, 3.63) is 51.8 Å². The lowest BCUT2D eigenvalue weighted by Crippen LogP contribution is -2.37. The van der Waals surface area contributed by atoms with Gasteiger partial charge in [-0.15, -0.1) is 0 Å². The summed E-state index contributed by atoms with van der Waals surface area (Å²) in [6, 6.07) is 4.76. The van der Waals surface area contributed by atoms with Crippen molar-refractivity contribution in [3.8, 4) is 0 Å². The zero-order chi connectivity index (χ0) is 20.5. The van der Waals surface area contributed by atoms with Gasteiger partial charge in [0.25, 0.3) is 11.6 Å². The first-order chi connectivity index (χ1) is 13.2. The number of carbonyl (C=O) groups excluding carboxylic acids is 1. The summed E-state index contributed by atoms with van der Waals surface area (Å²) in [5.74, 6) is -0.442. The number of carbonyl (C=O) groups is 1. The van der Waals surface area contributed by atoms with E-state index in [1.165, 1.54) is 36.1 Å². The number of piperidine rings is 1. The molecule has 1 fully saturated rings. The Morgan fingerprint density at radius 2 is 2.11 bits per heavy atom. The third-order valence-electron chi connectivity index (χ3n) is 4.67. The van der Waals surface area contributed by atoms with Crippen LogP contribution in [0.3, 0.4) is 0 Å². The number of hydrogen-bond donors (Lipinski definition) is 1. The molecule has 1 atom stereocenters. The highest BCUT2D eigenvalue weighted by molar-refractivity contribution is 5.95. The first-order valence-electron chi connectivity index (χ1n) is 8.58. The minimum atomic E-state index is -4.52. The van der Waals surface area contributed by atoms with E-state index in [1.807, 2.05) is 0 Å². The van der Waals surface area contributed by atoms with Crippen molar-refractivity contribution < 1.29 is 22.9 Å². The minimum Gasteiger partial charge on any atom is -0.364 e. The van der Waals surface area contributed by atoms with E-state index in [0.29, 0.717) is 25.1 Å². The maximum absolute atomic E-state index is 12.8. The highest BCUT2D eigenvalue weighted by Crippen LogP contribution is 2.34. The lowest BCUT2D eigenvalue weighted by atomic mass is 10.0. The van der Waals surface area contributed by atoms with Gasteiger partial charge in [-0.1, -0.05) is 0 Å². The van der Waals surface area contributed by atoms with E-state index in [0.717, 1.165) is 6.07 Å². The molecule has 3 rings (SSSR count). The van der Waals surface area contributed by atoms with E-state index in [4.69, 9.17) is 0 Å². The number of nitrogens with zero attached hydrogens (tertiary/aromatic N) is 4. The van der Waals surface area contributed by atoms with Crippen LogP contribution in [0.1, 0.15) is 34.9 Å². The van der Waals surface area contributed by atoms with Crippen LogP contribution in [0, 0.1) is 10.1 Å². The van der Waals surface area contributed by atoms with Gasteiger partial charge in [0, 0.05) is 38.0 Å². The van der Waals surface area contributed by atoms with Crippen molar-refractivity contribution in [2.24, 2.45) is 0 Å². The van der Waals surface area contributed by atoms with Crippen LogP contribution >= 0.6 is 0 Å². The highest BCUT2D eigenvalue weighted by atomic mass is 19.4. The van der Waals surface area contributed by atoms with E-state index in [1.54, 1.807) is 4.90 Å². The van der Waals surface area contributed by atoms with Crippen LogP contribution in [-0.2, 0) is 6.18 Å². The average molecular weight is 397 g/mol. The Morgan fingerprint density at radius 3 is 2.71 bits per heavy atom. The summed E-state index contributed by atoms with van der Waals surface area (Å²) in [5.41, 5.74) is -0.706. The molecule has 28 heavy (non-hydrogen) atoms. The Hall–Kier alpha value is -3.11. The van der Waals surface area contributed by atoms with Crippen LogP contribution in [-0.4, -0.2) is 40.7 Å². The van der Waals surface area contributed by atoms with Gasteiger partial charge in [0.1, 0.15) is 5.69 Å². The Balaban J connectivity index is 1.87. The summed E-state index contributed by atoms with van der Waals surface area (Å²) < 4.78 is 39.6. The number of hydrogen-bond acceptors (Lipinski definition) is 5. The normalized spacial score (nSPS) is 17.4. The summed E-state index contributed by atoms with van der Waals surface area (Å²) in [6.45, 7) is 0.795. The van der Waals surface area contributed by atoms with Crippen LogP contribution < -0.4 is 10.2 Å². The molecule has 0 radical (unpaired) electrons. The molecule has 2 heterocycles. The molecule has 1 N–H and O–H groups in total. The van der Waals surface area contributed by atoms with Gasteiger partial charge in [-0.2, -0.15) is 18.3 Å². The van der Waals surface area contributed by atoms with Crippen molar-refractivity contribution >= 4 is 17.3 Å². The lowest BCUT2D eigenvalue weighted by Gasteiger charge is -2.34. The maximum atomic E-state index is 12.8. The van der Waals surface area contributed by atoms with Crippen LogP contribution in [0.5, 0.6) is 0 Å². The molecule has 1 aromatic carbocycles. The van der Waals surface area contributed by atoms with Crippen LogP contribution in [0.2, 0.25) is 0 Å². The number of anilines is 1. The molecule has 1 amide bonds. The Bertz CT molecular complexity index is 896. The second-order valence-corrected chi connectivity index (χ2v) is 6.46. The topological polar surface area (TPSA) is 93.3 Å². The molecular weight excluding hydrogens is 379 g/mol. The largest absolute Gasteiger partial charge is 0.435 e. The lowest BCUT2D eigenvalue weighted by molar-refractivity contribution is -0.384. The number of aromatic nitrogens is 2. The average Bonchev–Trinajstić information content (AvgIpc) is 3.17. The summed E-state index contributed by atoms with van der Waals surface area (Å²) in [7, 11) is 1.43. The van der Waals surface area contributed by atoms with Crippen molar-refractivity contribution in [2.75, 3.05) is 25.0 Å². The van der Waals surface area contributed by atoms with Crippen molar-refractivity contribution in [3.63, 3.8) is 0 Å². The molecule has 0 saturated carbocycles. The SMILES string of the molecule is CNC(=O)c1ccc(N2CCCC(n3ccc(C(F)(F)F)n3)C2)c([N+](=O)[O-])c1. The first-order valence-corrected chi connectivity index (χ1v) is 8.58. The number of alkyl halides is 3. The number of nitro benzene ring substituents is 1. The van der Waals surface area contributed by atoms with Crippen molar-refractivity contribution in [1.82, 2.24) is 15.1 Å². The molecule has 150 valence electrons. The number of benzene rings is 1. The van der Waals surface area contributed by atoms with Crippen molar-refractivity contribution in [1.29, 1.82) is 0 Å². The zero-order valence-electron chi connectivity index (χ0n) is 14.9. The number of halogens is 3. The van der Waals surface area contributed by atoms with Crippen LogP contribution in [0.15, 0.2) is 30.5 Å². The minimum absolute atomic E-state index is 0.161. The van der Waals surface area contributed by atoms with Gasteiger partial charge in [-0.05, 0) is 31.0 Å². The molecule has 11 heteroatoms. The van der Waals surface area contributed by atoms with E-state index < -0.39 is 22.7 Å². The summed E-state index contributed by atoms with van der Waals surface area (Å²) in [4.78, 5) is 24.4. The van der Waals surface area contributed by atoms with Gasteiger partial charge < -0.3 is 10.2 Å². The molecule has 1 aliphatic rings. The maximum Gasteiger partial charge on any atom is 0.435 e. The Morgan fingerprint density at radius 1 is 1.36 bits per heavy atom. The summed E-state index contributed by atoms with van der Waals surface area (Å²) in [5, 5.41) is 17.5. The van der Waals surface area contributed by atoms with Gasteiger partial charge in [0.15, 0.2) is 5.69 Å². The highest BCUT2D eigenvalue weighted by Gasteiger charge is 2.35. The molecular formula is C17H18F3N5O3. The van der Waals surface area contributed by atoms with E-state index in [9.17, 15) is 28.1 Å². The third kappa shape index (κ3) is 3.92. The second kappa shape index (κ2) is 7.49. The van der Waals surface area contributed by atoms with Gasteiger partial charge in [0.05, 0.1) is 11.0 Å². The third-order valence-corrected chi connectivity index (χ3v) is 4.67. The summed E-state index contributed by atoms with van der Waals surface area (Å²) in [6.07, 6.45) is -1.99. The first kappa shape index (κ1) is 19.6. The van der Waals surface area contributed by atoms with Gasteiger partial charge in [-0.25, -0.2) is 0 Å². The number of nitro groups is 1. The number of rotatable bonds is 4. The van der Waals surface area contributed by atoms with Crippen LogP contribution in [0.25, 0.3) is 0 Å². The van der Waals surface area contributed by atoms with E-state index in [-0.39, 0.29) is 23.8 Å². The second-order valence-electron chi connectivity index (χ2n) is 6.46. The fraction of sp³-hybridized carbons (Fsp3) is 0.412. The molecule has 1 saturated heterocycles. The zero-order valence-corrected chi connectivity index (χ0v) is 14.9. The van der Waals surface area contributed by atoms with Gasteiger partial charge in [0.2, 0.25) is 0 Å². The fourth-order valence-electron chi connectivity index (χ4n) is 3.30. The Labute approximate surface area is 158 Å². The van der Waals surface area contributed by atoms with E-state index >= 15 is 0 Å². The molecule has 1 aliphatic heterocycles. The Kier molecular flexibility index (Phi) is 5.25. The standard InChI is InChI=1S/C17H18F3N5O3/c1-21-16(26)11-4-5-13(14(9-11)25(27)28)23-7-2-3-12(10-23)24-8-6-15(22-24)17(18,19)20/h4-6,8-9,12H,2-3,7,10H2,1H3,(H,21,26). The monoisotopic (exact) mass is 397 g/mol. The van der Waals surface area contributed by atoms with Crippen molar-refractivity contribution in [2.45, 2.75) is 25.1 Å². The predicted molar refractivity (Wildman–Crippen MR) is 94.2 cm³/mol. The van der Waals surface area contributed by atoms with Gasteiger partial charge >= 0.3 is 6.18 Å². The molecule has 0 aliphatic carbocycles. The molecule has 0 bridgehead atoms. The van der Waals surface area contributed by atoms with E-state index in [2.05, 4.69) is 10.4 Å². The summed E-state index contributed by atoms with van der Waals surface area (Å²) >= 11 is 0. The molecule has 1 unspecified atom stereocenters. The quantitative estimate of drug-likeness (QED) is 0.632. The number of amides is 1.